The highest BCUT2D eigenvalue weighted by Crippen LogP contribution is 2.49. The molecule has 0 spiro atoms. The summed E-state index contributed by atoms with van der Waals surface area (Å²) in [5.74, 6) is 0. The Morgan fingerprint density at radius 2 is 1.61 bits per heavy atom. The van der Waals surface area contributed by atoms with E-state index < -0.39 is 17.8 Å². The number of alkyl carbamates (subject to hydrolysis) is 1. The van der Waals surface area contributed by atoms with E-state index in [1.165, 1.54) is 0 Å². The number of allylic oxidation sites excluding steroid dienone is 2. The zero-order valence-electron chi connectivity index (χ0n) is 20.8. The summed E-state index contributed by atoms with van der Waals surface area (Å²) < 4.78 is 10.9. The number of nitrogens with zero attached hydrogens (tertiary/aromatic N) is 2. The Morgan fingerprint density at radius 1 is 0.947 bits per heavy atom. The second-order valence-electron chi connectivity index (χ2n) is 9.46. The molecule has 7 heteroatoms. The molecule has 7 nitrogen and oxygen atoms in total. The normalized spacial score (nSPS) is 17.3. The number of nitrogens with one attached hydrogen (secondary N) is 1. The van der Waals surface area contributed by atoms with Gasteiger partial charge in [-0.15, -0.1) is 0 Å². The first-order valence-electron chi connectivity index (χ1n) is 12.5. The summed E-state index contributed by atoms with van der Waals surface area (Å²) in [6, 6.07) is 25.7. The van der Waals surface area contributed by atoms with Gasteiger partial charge in [0.2, 0.25) is 0 Å². The Hall–Kier alpha value is -4.78. The summed E-state index contributed by atoms with van der Waals surface area (Å²) in [5, 5.41) is 2.88. The lowest BCUT2D eigenvalue weighted by Crippen LogP contribution is -2.29. The van der Waals surface area contributed by atoms with Crippen LogP contribution in [0, 0.1) is 0 Å². The Balaban J connectivity index is 1.21. The van der Waals surface area contributed by atoms with Gasteiger partial charge in [0.05, 0.1) is 17.1 Å². The Kier molecular flexibility index (Phi) is 5.96. The Bertz CT molecular complexity index is 1510. The second kappa shape index (κ2) is 9.59. The summed E-state index contributed by atoms with van der Waals surface area (Å²) >= 11 is 0. The highest BCUT2D eigenvalue weighted by Gasteiger charge is 2.46. The van der Waals surface area contributed by atoms with E-state index in [0.29, 0.717) is 29.3 Å². The van der Waals surface area contributed by atoms with Gasteiger partial charge in [-0.05, 0) is 48.1 Å². The van der Waals surface area contributed by atoms with Gasteiger partial charge in [0.15, 0.2) is 0 Å². The first kappa shape index (κ1) is 23.6. The molecule has 6 rings (SSSR count). The molecule has 1 amide bonds. The third-order valence-corrected chi connectivity index (χ3v) is 7.04. The molecule has 1 atom stereocenters. The number of rotatable bonds is 8. The van der Waals surface area contributed by atoms with Crippen molar-refractivity contribution in [3.63, 3.8) is 0 Å². The van der Waals surface area contributed by atoms with Crippen molar-refractivity contribution in [1.29, 1.82) is 0 Å². The number of benzene rings is 3. The van der Waals surface area contributed by atoms with Gasteiger partial charge >= 0.3 is 6.09 Å². The van der Waals surface area contributed by atoms with E-state index in [-0.39, 0.29) is 0 Å². The molecule has 1 aliphatic carbocycles. The molecule has 0 aromatic heterocycles. The van der Waals surface area contributed by atoms with Gasteiger partial charge in [-0.1, -0.05) is 78.9 Å². The molecule has 38 heavy (non-hydrogen) atoms. The van der Waals surface area contributed by atoms with Crippen LogP contribution in [0.1, 0.15) is 42.6 Å². The molecule has 188 valence electrons. The van der Waals surface area contributed by atoms with Gasteiger partial charge in [-0.3, -0.25) is 15.1 Å². The molecule has 3 aromatic rings. The number of hydrogen-bond acceptors (Lipinski definition) is 6. The van der Waals surface area contributed by atoms with Crippen molar-refractivity contribution in [1.82, 2.24) is 5.32 Å². The summed E-state index contributed by atoms with van der Waals surface area (Å²) in [5.41, 5.74) is 6.91. The molecule has 1 fully saturated rings. The maximum Gasteiger partial charge on any atom is 0.412 e. The number of carbonyl (C=O) groups is 2. The number of hydrogen-bond donors (Lipinski definition) is 1. The summed E-state index contributed by atoms with van der Waals surface area (Å²) in [6.07, 6.45) is 4.22. The van der Waals surface area contributed by atoms with Crippen LogP contribution in [-0.4, -0.2) is 24.0 Å². The lowest BCUT2D eigenvalue weighted by molar-refractivity contribution is -0.136. The average molecular weight is 504 g/mol. The van der Waals surface area contributed by atoms with Crippen molar-refractivity contribution in [2.75, 3.05) is 0 Å². The molecule has 1 saturated carbocycles. The first-order chi connectivity index (χ1) is 18.6. The summed E-state index contributed by atoms with van der Waals surface area (Å²) in [7, 11) is 0. The fourth-order valence-corrected chi connectivity index (χ4v) is 4.78. The molecule has 2 aliphatic heterocycles. The highest BCUT2D eigenvalue weighted by molar-refractivity contribution is 6.57. The molecular weight excluding hydrogens is 478 g/mol. The van der Waals surface area contributed by atoms with Gasteiger partial charge in [-0.25, -0.2) is 9.79 Å². The van der Waals surface area contributed by atoms with Crippen molar-refractivity contribution in [3.05, 3.63) is 114 Å². The van der Waals surface area contributed by atoms with Crippen LogP contribution in [0.4, 0.5) is 4.79 Å². The third kappa shape index (κ3) is 4.43. The van der Waals surface area contributed by atoms with Gasteiger partial charge in [0.1, 0.15) is 17.4 Å². The van der Waals surface area contributed by atoms with E-state index in [0.717, 1.165) is 40.7 Å². The molecule has 3 aromatic carbocycles. The van der Waals surface area contributed by atoms with Crippen LogP contribution in [-0.2, 0) is 19.9 Å². The third-order valence-electron chi connectivity index (χ3n) is 7.04. The van der Waals surface area contributed by atoms with E-state index >= 15 is 0 Å². The zero-order valence-corrected chi connectivity index (χ0v) is 20.8. The molecule has 0 bridgehead atoms. The van der Waals surface area contributed by atoms with E-state index in [9.17, 15) is 9.59 Å². The predicted octanol–water partition coefficient (Wildman–Crippen LogP) is 6.09. The summed E-state index contributed by atoms with van der Waals surface area (Å²) in [4.78, 5) is 32.8. The Labute approximate surface area is 220 Å². The highest BCUT2D eigenvalue weighted by atomic mass is 16.6. The lowest BCUT2D eigenvalue weighted by atomic mass is 9.99. The van der Waals surface area contributed by atoms with Gasteiger partial charge in [0, 0.05) is 11.8 Å². The topological polar surface area (TPSA) is 89.3 Å². The Morgan fingerprint density at radius 3 is 2.26 bits per heavy atom. The van der Waals surface area contributed by atoms with Crippen molar-refractivity contribution in [2.24, 2.45) is 9.98 Å². The fourth-order valence-electron chi connectivity index (χ4n) is 4.78. The van der Waals surface area contributed by atoms with Crippen LogP contribution in [0.15, 0.2) is 107 Å². The van der Waals surface area contributed by atoms with Crippen molar-refractivity contribution >= 4 is 29.7 Å². The summed E-state index contributed by atoms with van der Waals surface area (Å²) in [6.45, 7) is 2.36. The quantitative estimate of drug-likeness (QED) is 0.377. The van der Waals surface area contributed by atoms with Crippen LogP contribution in [0.5, 0.6) is 0 Å². The minimum atomic E-state index is -0.566. The molecule has 2 heterocycles. The second-order valence-corrected chi connectivity index (χ2v) is 9.46. The molecule has 1 unspecified atom stereocenters. The molecule has 0 saturated heterocycles. The lowest BCUT2D eigenvalue weighted by Gasteiger charge is -2.15. The number of amides is 1. The molecule has 1 N–H and O–H groups in total. The van der Waals surface area contributed by atoms with E-state index in [1.807, 2.05) is 91.9 Å². The largest absolute Gasteiger partial charge is 0.456 e. The maximum atomic E-state index is 12.8. The SMILES string of the molecule is CC(OC(=O)NC1=C(c2ccc(-c3ccc(C4(OC=O)CC4)cc3)cc2)N=C2C=CN=C21)c1ccccc1. The van der Waals surface area contributed by atoms with Crippen LogP contribution in [0.2, 0.25) is 0 Å². The van der Waals surface area contributed by atoms with E-state index in [2.05, 4.69) is 10.3 Å². The zero-order chi connectivity index (χ0) is 26.1. The smallest absolute Gasteiger partial charge is 0.412 e. The standard InChI is InChI=1S/C31H25N3O4/c1-20(21-5-3-2-4-6-21)38-30(36)34-29-27(33-26-15-18-32-28(26)29)24-9-7-22(8-10-24)23-11-13-25(14-12-23)31(16-17-31)37-19-35/h2-15,18-20H,16-17H2,1H3,(H,34,36). The number of fused-ring (bicyclic) bond motifs is 1. The molecule has 0 radical (unpaired) electrons. The van der Waals surface area contributed by atoms with E-state index in [4.69, 9.17) is 14.5 Å². The van der Waals surface area contributed by atoms with Crippen LogP contribution in [0.25, 0.3) is 16.8 Å². The molecule has 3 aliphatic rings. The van der Waals surface area contributed by atoms with E-state index in [1.54, 1.807) is 6.20 Å². The van der Waals surface area contributed by atoms with Gasteiger partial charge < -0.3 is 9.47 Å². The number of carbonyl (C=O) groups excluding carboxylic acids is 2. The fraction of sp³-hybridized carbons (Fsp3) is 0.161. The monoisotopic (exact) mass is 503 g/mol. The minimum absolute atomic E-state index is 0.406. The van der Waals surface area contributed by atoms with Crippen molar-refractivity contribution in [3.8, 4) is 11.1 Å². The first-order valence-corrected chi connectivity index (χ1v) is 12.5. The molecular formula is C31H25N3O4. The number of ether oxygens (including phenoxy) is 2. The average Bonchev–Trinajstić information content (AvgIpc) is 3.45. The van der Waals surface area contributed by atoms with Crippen LogP contribution in [0.3, 0.4) is 0 Å². The van der Waals surface area contributed by atoms with Crippen LogP contribution < -0.4 is 5.32 Å². The van der Waals surface area contributed by atoms with Gasteiger partial charge in [-0.2, -0.15) is 0 Å². The number of aliphatic imine (C=N–C) groups is 2. The van der Waals surface area contributed by atoms with Crippen molar-refractivity contribution < 1.29 is 19.1 Å². The maximum absolute atomic E-state index is 12.8. The van der Waals surface area contributed by atoms with Crippen molar-refractivity contribution in [2.45, 2.75) is 31.5 Å². The predicted molar refractivity (Wildman–Crippen MR) is 145 cm³/mol. The van der Waals surface area contributed by atoms with Gasteiger partial charge in [0.25, 0.3) is 6.47 Å². The minimum Gasteiger partial charge on any atom is -0.456 e. The van der Waals surface area contributed by atoms with Crippen LogP contribution >= 0.6 is 0 Å².